The van der Waals surface area contributed by atoms with E-state index in [2.05, 4.69) is 0 Å². The van der Waals surface area contributed by atoms with E-state index >= 15 is 0 Å². The molecular formula is C32H32F3NO5. The second-order valence-electron chi connectivity index (χ2n) is 10.8. The molecule has 1 fully saturated rings. The van der Waals surface area contributed by atoms with Gasteiger partial charge in [0.15, 0.2) is 0 Å². The largest absolute Gasteiger partial charge is 0.507 e. The zero-order valence-corrected chi connectivity index (χ0v) is 23.5. The Hall–Kier alpha value is -4.27. The number of hydrogen-bond acceptors (Lipinski definition) is 5. The van der Waals surface area contributed by atoms with Crippen LogP contribution in [0.3, 0.4) is 0 Å². The van der Waals surface area contributed by atoms with Gasteiger partial charge in [0.25, 0.3) is 11.7 Å². The lowest BCUT2D eigenvalue weighted by atomic mass is 9.84. The van der Waals surface area contributed by atoms with Crippen molar-refractivity contribution in [2.24, 2.45) is 0 Å². The molecule has 1 atom stereocenters. The number of hydrogen-bond donors (Lipinski definition) is 1. The maximum atomic E-state index is 13.5. The summed E-state index contributed by atoms with van der Waals surface area (Å²) in [7, 11) is 1.49. The molecule has 6 nitrogen and oxygen atoms in total. The van der Waals surface area contributed by atoms with Gasteiger partial charge in [-0.15, -0.1) is 0 Å². The number of ketones is 1. The lowest BCUT2D eigenvalue weighted by Crippen LogP contribution is -2.29. The van der Waals surface area contributed by atoms with Gasteiger partial charge >= 0.3 is 6.18 Å². The molecule has 0 bridgehead atoms. The fourth-order valence-electron chi connectivity index (χ4n) is 4.92. The average molecular weight is 568 g/mol. The number of ether oxygens (including phenoxy) is 2. The maximum Gasteiger partial charge on any atom is 0.416 e. The number of nitrogens with zero attached hydrogens (tertiary/aromatic N) is 1. The fourth-order valence-corrected chi connectivity index (χ4v) is 4.92. The zero-order chi connectivity index (χ0) is 30.1. The molecule has 1 amide bonds. The molecule has 1 aliphatic heterocycles. The Bertz CT molecular complexity index is 1490. The molecule has 9 heteroatoms. The van der Waals surface area contributed by atoms with Crippen LogP contribution < -0.4 is 9.47 Å². The van der Waals surface area contributed by atoms with Crippen LogP contribution in [0, 0.1) is 0 Å². The number of amides is 1. The highest BCUT2D eigenvalue weighted by molar-refractivity contribution is 6.46. The van der Waals surface area contributed by atoms with Gasteiger partial charge in [0.2, 0.25) is 0 Å². The molecule has 1 N–H and O–H groups in total. The highest BCUT2D eigenvalue weighted by atomic mass is 19.4. The lowest BCUT2D eigenvalue weighted by Gasteiger charge is -2.26. The first kappa shape index (κ1) is 29.7. The van der Waals surface area contributed by atoms with Crippen molar-refractivity contribution in [2.75, 3.05) is 13.7 Å². The minimum absolute atomic E-state index is 0.156. The normalized spacial score (nSPS) is 17.2. The Morgan fingerprint density at radius 1 is 0.976 bits per heavy atom. The van der Waals surface area contributed by atoms with Crippen molar-refractivity contribution in [3.63, 3.8) is 0 Å². The summed E-state index contributed by atoms with van der Waals surface area (Å²) >= 11 is 0. The molecule has 3 aromatic carbocycles. The summed E-state index contributed by atoms with van der Waals surface area (Å²) in [6.45, 7) is 7.98. The summed E-state index contributed by atoms with van der Waals surface area (Å²) in [5, 5.41) is 11.6. The van der Waals surface area contributed by atoms with Crippen molar-refractivity contribution in [1.82, 2.24) is 4.90 Å². The molecule has 3 aromatic rings. The van der Waals surface area contributed by atoms with Gasteiger partial charge in [0, 0.05) is 17.7 Å². The van der Waals surface area contributed by atoms with E-state index in [1.807, 2.05) is 27.7 Å². The van der Waals surface area contributed by atoms with Crippen LogP contribution in [-0.4, -0.2) is 35.4 Å². The first-order chi connectivity index (χ1) is 19.3. The monoisotopic (exact) mass is 567 g/mol. The number of aliphatic hydroxyl groups is 1. The van der Waals surface area contributed by atoms with Gasteiger partial charge in [-0.3, -0.25) is 9.59 Å². The Morgan fingerprint density at radius 3 is 2.24 bits per heavy atom. The van der Waals surface area contributed by atoms with Gasteiger partial charge in [-0.05, 0) is 65.9 Å². The summed E-state index contributed by atoms with van der Waals surface area (Å²) in [5.41, 5.74) is 0.396. The van der Waals surface area contributed by atoms with E-state index in [9.17, 15) is 27.9 Å². The lowest BCUT2D eigenvalue weighted by molar-refractivity contribution is -0.140. The third kappa shape index (κ3) is 6.09. The first-order valence-electron chi connectivity index (χ1n) is 13.1. The highest BCUT2D eigenvalue weighted by Gasteiger charge is 2.46. The number of rotatable bonds is 7. The van der Waals surface area contributed by atoms with Crippen molar-refractivity contribution in [1.29, 1.82) is 0 Å². The summed E-state index contributed by atoms with van der Waals surface area (Å²) < 4.78 is 51.2. The van der Waals surface area contributed by atoms with E-state index < -0.39 is 29.5 Å². The van der Waals surface area contributed by atoms with E-state index in [0.717, 1.165) is 17.7 Å². The van der Waals surface area contributed by atoms with Crippen LogP contribution in [0.1, 0.15) is 61.6 Å². The topological polar surface area (TPSA) is 76.1 Å². The molecule has 1 saturated heterocycles. The van der Waals surface area contributed by atoms with Crippen LogP contribution in [-0.2, 0) is 27.7 Å². The molecule has 0 aromatic heterocycles. The molecule has 4 rings (SSSR count). The van der Waals surface area contributed by atoms with Gasteiger partial charge in [0.05, 0.1) is 30.9 Å². The SMILES string of the molecule is CCOc1ccc(/C(O)=C2/C(=O)C(=O)N(Cc3cccc(C(F)(F)F)c3)C2c2ccc(OC)cc2)cc1C(C)(C)C. The first-order valence-corrected chi connectivity index (χ1v) is 13.1. The van der Waals surface area contributed by atoms with Gasteiger partial charge in [-0.1, -0.05) is 45.0 Å². The number of alkyl halides is 3. The molecule has 216 valence electrons. The Morgan fingerprint density at radius 2 is 1.66 bits per heavy atom. The summed E-state index contributed by atoms with van der Waals surface area (Å²) in [6.07, 6.45) is -4.57. The van der Waals surface area contributed by atoms with Gasteiger partial charge in [0.1, 0.15) is 17.3 Å². The third-order valence-corrected chi connectivity index (χ3v) is 6.94. The average Bonchev–Trinajstić information content (AvgIpc) is 3.17. The summed E-state index contributed by atoms with van der Waals surface area (Å²) in [5.74, 6) is -1.07. The number of Topliss-reactive ketones (excluding diaryl/α,β-unsaturated/α-hetero) is 1. The molecule has 1 unspecified atom stereocenters. The summed E-state index contributed by atoms with van der Waals surface area (Å²) in [4.78, 5) is 28.0. The van der Waals surface area contributed by atoms with Crippen LogP contribution in [0.25, 0.3) is 5.76 Å². The van der Waals surface area contributed by atoms with E-state index in [4.69, 9.17) is 9.47 Å². The highest BCUT2D eigenvalue weighted by Crippen LogP contribution is 2.42. The molecule has 0 aliphatic carbocycles. The van der Waals surface area contributed by atoms with Crippen molar-refractivity contribution in [2.45, 2.75) is 51.9 Å². The molecule has 1 aliphatic rings. The molecule has 1 heterocycles. The standard InChI is InChI=1S/C32H32F3NO5/c1-6-41-25-15-12-21(17-24(25)31(2,3)4)28(37)26-27(20-10-13-23(40-5)14-11-20)36(30(39)29(26)38)18-19-8-7-9-22(16-19)32(33,34)35/h7-17,27,37H,6,18H2,1-5H3/b28-26-. The van der Waals surface area contributed by atoms with Crippen molar-refractivity contribution >= 4 is 17.4 Å². The van der Waals surface area contributed by atoms with E-state index in [-0.39, 0.29) is 28.9 Å². The van der Waals surface area contributed by atoms with Crippen LogP contribution in [0.15, 0.2) is 72.3 Å². The maximum absolute atomic E-state index is 13.5. The quantitative estimate of drug-likeness (QED) is 0.188. The Balaban J connectivity index is 1.88. The Kier molecular flexibility index (Phi) is 8.19. The van der Waals surface area contributed by atoms with Gasteiger partial charge in [-0.25, -0.2) is 0 Å². The number of likely N-dealkylation sites (tertiary alicyclic amines) is 1. The molecule has 0 spiro atoms. The molecule has 0 saturated carbocycles. The van der Waals surface area contributed by atoms with E-state index in [0.29, 0.717) is 29.2 Å². The van der Waals surface area contributed by atoms with Crippen molar-refractivity contribution < 1.29 is 37.3 Å². The number of methoxy groups -OCH3 is 1. The van der Waals surface area contributed by atoms with Crippen LogP contribution in [0.4, 0.5) is 13.2 Å². The van der Waals surface area contributed by atoms with Crippen LogP contribution in [0.2, 0.25) is 0 Å². The van der Waals surface area contributed by atoms with Gasteiger partial charge in [-0.2, -0.15) is 13.2 Å². The second-order valence-corrected chi connectivity index (χ2v) is 10.8. The molecular weight excluding hydrogens is 535 g/mol. The van der Waals surface area contributed by atoms with Crippen molar-refractivity contribution in [3.8, 4) is 11.5 Å². The summed E-state index contributed by atoms with van der Waals surface area (Å²) in [6, 6.07) is 15.2. The number of aliphatic hydroxyl groups excluding tert-OH is 1. The smallest absolute Gasteiger partial charge is 0.416 e. The fraction of sp³-hybridized carbons (Fsp3) is 0.312. The molecule has 41 heavy (non-hydrogen) atoms. The molecule has 0 radical (unpaired) electrons. The minimum atomic E-state index is -4.57. The predicted octanol–water partition coefficient (Wildman–Crippen LogP) is 7.03. The number of carbonyl (C=O) groups is 2. The van der Waals surface area contributed by atoms with Gasteiger partial charge < -0.3 is 19.5 Å². The van der Waals surface area contributed by atoms with Crippen molar-refractivity contribution in [3.05, 3.63) is 100 Å². The van der Waals surface area contributed by atoms with E-state index in [1.165, 1.54) is 24.1 Å². The van der Waals surface area contributed by atoms with Crippen LogP contribution in [0.5, 0.6) is 11.5 Å². The predicted molar refractivity (Wildman–Crippen MR) is 149 cm³/mol. The number of carbonyl (C=O) groups excluding carboxylic acids is 2. The number of benzene rings is 3. The number of halogens is 3. The second kappa shape index (κ2) is 11.3. The van der Waals surface area contributed by atoms with E-state index in [1.54, 1.807) is 42.5 Å². The third-order valence-electron chi connectivity index (χ3n) is 6.94. The minimum Gasteiger partial charge on any atom is -0.507 e. The zero-order valence-electron chi connectivity index (χ0n) is 23.5. The van der Waals surface area contributed by atoms with Crippen LogP contribution >= 0.6 is 0 Å². The Labute approximate surface area is 237 Å².